The van der Waals surface area contributed by atoms with Crippen LogP contribution in [0.4, 0.5) is 0 Å². The summed E-state index contributed by atoms with van der Waals surface area (Å²) < 4.78 is 1.62. The quantitative estimate of drug-likeness (QED) is 0.399. The van der Waals surface area contributed by atoms with Gasteiger partial charge < -0.3 is 24.8 Å². The molecule has 0 amide bonds. The predicted molar refractivity (Wildman–Crippen MR) is 134 cm³/mol. The standard InChI is InChI=1S/C21H16P.C9H11.2ClH.Zr/c1-3-11-19(12-4-1)22(20-13-5-2-6-14-20)21-15-17-9-7-8-10-18(17)16-21;1-2-5-9-7-3-6-8(9)4-1;;;/h1-16H;1-2,4-6,8-9H,3,7H2;2*1H;/q;;;;+2/p-2. The molecule has 4 atom stereocenters. The van der Waals surface area contributed by atoms with E-state index in [1.54, 1.807) is 10.9 Å². The van der Waals surface area contributed by atoms with Crippen LogP contribution in [0.3, 0.4) is 0 Å². The van der Waals surface area contributed by atoms with Gasteiger partial charge in [-0.15, -0.1) is 0 Å². The minimum Gasteiger partial charge on any atom is -1.00 e. The van der Waals surface area contributed by atoms with Gasteiger partial charge in [-0.2, -0.15) is 0 Å². The normalized spacial score (nSPS) is 23.9. The van der Waals surface area contributed by atoms with E-state index in [0.29, 0.717) is 3.63 Å². The first-order valence-corrected chi connectivity index (χ1v) is 15.9. The molecule has 170 valence electrons. The Balaban J connectivity index is 0.00000137. The molecular weight excluding hydrogens is 553 g/mol. The van der Waals surface area contributed by atoms with Gasteiger partial charge in [0.15, 0.2) is 0 Å². The Kier molecular flexibility index (Phi) is 8.88. The second-order valence-electron chi connectivity index (χ2n) is 9.00. The summed E-state index contributed by atoms with van der Waals surface area (Å²) in [5.74, 6) is 1.58. The topological polar surface area (TPSA) is 0 Å². The fraction of sp³-hybridized carbons (Fsp3) is 0.200. The van der Waals surface area contributed by atoms with Gasteiger partial charge in [-0.05, 0) is 0 Å². The van der Waals surface area contributed by atoms with Crippen LogP contribution in [0.15, 0.2) is 115 Å². The SMILES string of the molecule is C1=CC2CC[CH]([Zr+2][CH]3C(P(c4ccccc4)c4ccccc4)=Cc4ccccc43)C2C=C1.[Cl-].[Cl-]. The van der Waals surface area contributed by atoms with E-state index in [1.807, 2.05) is 0 Å². The van der Waals surface area contributed by atoms with Crippen molar-refractivity contribution in [2.45, 2.75) is 20.1 Å². The Labute approximate surface area is 228 Å². The zero-order valence-electron chi connectivity index (χ0n) is 18.9. The van der Waals surface area contributed by atoms with Crippen molar-refractivity contribution in [3.63, 3.8) is 0 Å². The van der Waals surface area contributed by atoms with Crippen LogP contribution in [-0.2, 0) is 23.2 Å². The van der Waals surface area contributed by atoms with E-state index >= 15 is 0 Å². The average molecular weight is 581 g/mol. The molecule has 0 N–H and O–H groups in total. The van der Waals surface area contributed by atoms with E-state index in [9.17, 15) is 0 Å². The Morgan fingerprint density at radius 2 is 1.29 bits per heavy atom. The molecule has 0 bridgehead atoms. The zero-order valence-corrected chi connectivity index (χ0v) is 23.8. The Morgan fingerprint density at radius 3 is 2.00 bits per heavy atom. The first kappa shape index (κ1) is 25.9. The third kappa shape index (κ3) is 5.01. The molecule has 3 aliphatic carbocycles. The average Bonchev–Trinajstić information content (AvgIpc) is 3.43. The van der Waals surface area contributed by atoms with Gasteiger partial charge in [0.2, 0.25) is 0 Å². The molecule has 0 saturated heterocycles. The van der Waals surface area contributed by atoms with Crippen molar-refractivity contribution in [2.75, 3.05) is 0 Å². The molecule has 6 rings (SSSR count). The molecule has 3 aromatic carbocycles. The number of halogens is 2. The molecule has 3 aromatic rings. The molecule has 0 nitrogen and oxygen atoms in total. The number of hydrogen-bond donors (Lipinski definition) is 0. The minimum absolute atomic E-state index is 0. The van der Waals surface area contributed by atoms with E-state index in [-0.39, 0.29) is 24.8 Å². The number of allylic oxidation sites excluding steroid dienone is 5. The Morgan fingerprint density at radius 1 is 0.676 bits per heavy atom. The summed E-state index contributed by atoms with van der Waals surface area (Å²) >= 11 is -0.708. The molecular formula is C30H27Cl2PZr. The second kappa shape index (κ2) is 11.7. The summed E-state index contributed by atoms with van der Waals surface area (Å²) in [6.07, 6.45) is 15.0. The number of rotatable bonds is 5. The molecule has 0 heterocycles. The van der Waals surface area contributed by atoms with Crippen LogP contribution in [0, 0.1) is 11.8 Å². The summed E-state index contributed by atoms with van der Waals surface area (Å²) in [6.45, 7) is 0. The van der Waals surface area contributed by atoms with Gasteiger partial charge in [0.05, 0.1) is 0 Å². The maximum absolute atomic E-state index is 2.58. The van der Waals surface area contributed by atoms with E-state index in [2.05, 4.69) is 115 Å². The van der Waals surface area contributed by atoms with Crippen LogP contribution in [0.5, 0.6) is 0 Å². The van der Waals surface area contributed by atoms with E-state index in [1.165, 1.54) is 29.0 Å². The predicted octanol–water partition coefficient (Wildman–Crippen LogP) is 1.25. The van der Waals surface area contributed by atoms with Crippen LogP contribution in [0.25, 0.3) is 6.08 Å². The summed E-state index contributed by atoms with van der Waals surface area (Å²) in [5.41, 5.74) is 3.09. The maximum atomic E-state index is 2.58. The van der Waals surface area contributed by atoms with Crippen molar-refractivity contribution in [1.29, 1.82) is 0 Å². The summed E-state index contributed by atoms with van der Waals surface area (Å²) in [5, 5.41) is 4.69. The van der Waals surface area contributed by atoms with Crippen LogP contribution in [-0.4, -0.2) is 0 Å². The third-order valence-corrected chi connectivity index (χ3v) is 15.3. The smallest absolute Gasteiger partial charge is 1.00 e. The molecule has 0 radical (unpaired) electrons. The Bertz CT molecular complexity index is 1150. The number of hydrogen-bond acceptors (Lipinski definition) is 0. The number of fused-ring (bicyclic) bond motifs is 2. The molecule has 34 heavy (non-hydrogen) atoms. The Hall–Kier alpha value is -1.23. The zero-order chi connectivity index (χ0) is 21.3. The van der Waals surface area contributed by atoms with Crippen LogP contribution in [0.1, 0.15) is 27.6 Å². The van der Waals surface area contributed by atoms with Gasteiger partial charge in [-0.1, -0.05) is 0 Å². The van der Waals surface area contributed by atoms with Gasteiger partial charge in [0, 0.05) is 0 Å². The van der Waals surface area contributed by atoms with Crippen molar-refractivity contribution in [3.8, 4) is 0 Å². The van der Waals surface area contributed by atoms with Crippen molar-refractivity contribution in [1.82, 2.24) is 0 Å². The van der Waals surface area contributed by atoms with Crippen LogP contribution in [0.2, 0.25) is 3.63 Å². The summed E-state index contributed by atoms with van der Waals surface area (Å²) in [4.78, 5) is 0. The largest absolute Gasteiger partial charge is 1.00 e. The molecule has 4 heteroatoms. The summed E-state index contributed by atoms with van der Waals surface area (Å²) in [7, 11) is -0.505. The molecule has 1 saturated carbocycles. The van der Waals surface area contributed by atoms with Gasteiger partial charge in [-0.3, -0.25) is 0 Å². The van der Waals surface area contributed by atoms with Gasteiger partial charge in [0.1, 0.15) is 0 Å². The fourth-order valence-electron chi connectivity index (χ4n) is 5.64. The van der Waals surface area contributed by atoms with Crippen molar-refractivity contribution in [3.05, 3.63) is 126 Å². The third-order valence-electron chi connectivity index (χ3n) is 7.15. The summed E-state index contributed by atoms with van der Waals surface area (Å²) in [6, 6.07) is 31.8. The van der Waals surface area contributed by atoms with Gasteiger partial charge in [-0.25, -0.2) is 0 Å². The fourth-order valence-corrected chi connectivity index (χ4v) is 14.5. The first-order chi connectivity index (χ1) is 15.9. The molecule has 0 aliphatic heterocycles. The van der Waals surface area contributed by atoms with Gasteiger partial charge in [0.25, 0.3) is 0 Å². The molecule has 1 fully saturated rings. The monoisotopic (exact) mass is 578 g/mol. The first-order valence-electron chi connectivity index (χ1n) is 11.7. The van der Waals surface area contributed by atoms with Crippen LogP contribution < -0.4 is 35.4 Å². The molecule has 0 aromatic heterocycles. The minimum atomic E-state index is -0.708. The van der Waals surface area contributed by atoms with Gasteiger partial charge >= 0.3 is 205 Å². The van der Waals surface area contributed by atoms with E-state index in [4.69, 9.17) is 0 Å². The van der Waals surface area contributed by atoms with Crippen LogP contribution >= 0.6 is 7.92 Å². The molecule has 4 unspecified atom stereocenters. The van der Waals surface area contributed by atoms with E-state index < -0.39 is 31.2 Å². The molecule has 0 spiro atoms. The maximum Gasteiger partial charge on any atom is -1.00 e. The van der Waals surface area contributed by atoms with Crippen molar-refractivity contribution < 1.29 is 48.0 Å². The number of benzene rings is 3. The second-order valence-corrected chi connectivity index (χ2v) is 15.3. The molecule has 3 aliphatic rings. The van der Waals surface area contributed by atoms with E-state index in [0.717, 1.165) is 15.5 Å². The van der Waals surface area contributed by atoms with Crippen molar-refractivity contribution >= 4 is 24.6 Å². The van der Waals surface area contributed by atoms with Crippen molar-refractivity contribution in [2.24, 2.45) is 11.8 Å².